The Bertz CT molecular complexity index is 465. The molecule has 2 rings (SSSR count). The Morgan fingerprint density at radius 1 is 1.31 bits per heavy atom. The average molecular weight is 220 g/mol. The monoisotopic (exact) mass is 220 g/mol. The molecular formula is C12H16N2O2. The lowest BCUT2D eigenvalue weighted by Gasteiger charge is -1.99. The van der Waals surface area contributed by atoms with Gasteiger partial charge in [0.05, 0.1) is 24.2 Å². The molecule has 0 amide bonds. The van der Waals surface area contributed by atoms with Crippen molar-refractivity contribution < 1.29 is 9.47 Å². The van der Waals surface area contributed by atoms with Gasteiger partial charge < -0.3 is 14.5 Å². The van der Waals surface area contributed by atoms with Crippen molar-refractivity contribution in [2.24, 2.45) is 0 Å². The Morgan fingerprint density at radius 3 is 2.94 bits per heavy atom. The predicted molar refractivity (Wildman–Crippen MR) is 62.4 cm³/mol. The van der Waals surface area contributed by atoms with E-state index in [4.69, 9.17) is 9.47 Å². The molecule has 1 aromatic heterocycles. The molecule has 0 bridgehead atoms. The van der Waals surface area contributed by atoms with E-state index in [2.05, 4.69) is 23.0 Å². The first kappa shape index (κ1) is 11.1. The van der Waals surface area contributed by atoms with Gasteiger partial charge in [-0.2, -0.15) is 0 Å². The second-order valence-electron chi connectivity index (χ2n) is 3.70. The quantitative estimate of drug-likeness (QED) is 0.784. The number of aromatic nitrogens is 2. The second-order valence-corrected chi connectivity index (χ2v) is 3.70. The van der Waals surface area contributed by atoms with Gasteiger partial charge in [0.25, 0.3) is 0 Å². The molecular weight excluding hydrogens is 204 g/mol. The van der Waals surface area contributed by atoms with Crippen LogP contribution in [0.1, 0.15) is 11.4 Å². The molecule has 0 unspecified atom stereocenters. The summed E-state index contributed by atoms with van der Waals surface area (Å²) in [5, 5.41) is 0. The smallest absolute Gasteiger partial charge is 0.133 e. The summed E-state index contributed by atoms with van der Waals surface area (Å²) in [6.07, 6.45) is 0. The van der Waals surface area contributed by atoms with Crippen molar-refractivity contribution in [3.8, 4) is 0 Å². The van der Waals surface area contributed by atoms with Gasteiger partial charge in [0.1, 0.15) is 12.4 Å². The standard InChI is InChI=1S/C12H16N2O2/c1-9-4-3-5-10-12(9)14-11(13-10)8-16-7-6-15-2/h3-5H,6-8H2,1-2H3,(H,13,14). The maximum absolute atomic E-state index is 5.41. The maximum atomic E-state index is 5.41. The highest BCUT2D eigenvalue weighted by Crippen LogP contribution is 2.15. The van der Waals surface area contributed by atoms with E-state index in [0.717, 1.165) is 16.9 Å². The van der Waals surface area contributed by atoms with Crippen LogP contribution in [0, 0.1) is 6.92 Å². The van der Waals surface area contributed by atoms with E-state index in [9.17, 15) is 0 Å². The number of nitrogens with one attached hydrogen (secondary N) is 1. The van der Waals surface area contributed by atoms with Crippen LogP contribution in [0.25, 0.3) is 11.0 Å². The van der Waals surface area contributed by atoms with Gasteiger partial charge in [0.15, 0.2) is 0 Å². The van der Waals surface area contributed by atoms with Crippen molar-refractivity contribution in [2.75, 3.05) is 20.3 Å². The van der Waals surface area contributed by atoms with E-state index < -0.39 is 0 Å². The Morgan fingerprint density at radius 2 is 2.19 bits per heavy atom. The summed E-state index contributed by atoms with van der Waals surface area (Å²) < 4.78 is 10.3. The lowest BCUT2D eigenvalue weighted by atomic mass is 10.2. The van der Waals surface area contributed by atoms with Crippen molar-refractivity contribution in [1.29, 1.82) is 0 Å². The third-order valence-corrected chi connectivity index (χ3v) is 2.43. The lowest BCUT2D eigenvalue weighted by molar-refractivity contribution is 0.0590. The van der Waals surface area contributed by atoms with Crippen LogP contribution in [-0.2, 0) is 16.1 Å². The van der Waals surface area contributed by atoms with Crippen LogP contribution in [0.2, 0.25) is 0 Å². The number of imidazole rings is 1. The van der Waals surface area contributed by atoms with Gasteiger partial charge in [-0.3, -0.25) is 0 Å². The zero-order valence-electron chi connectivity index (χ0n) is 9.62. The van der Waals surface area contributed by atoms with Gasteiger partial charge in [-0.1, -0.05) is 12.1 Å². The van der Waals surface area contributed by atoms with Gasteiger partial charge in [-0.25, -0.2) is 4.98 Å². The molecule has 1 heterocycles. The van der Waals surface area contributed by atoms with Crippen molar-refractivity contribution in [3.05, 3.63) is 29.6 Å². The molecule has 0 saturated heterocycles. The molecule has 2 aromatic rings. The van der Waals surface area contributed by atoms with Crippen LogP contribution in [-0.4, -0.2) is 30.3 Å². The van der Waals surface area contributed by atoms with E-state index in [1.165, 1.54) is 5.56 Å². The van der Waals surface area contributed by atoms with Gasteiger partial charge in [-0.15, -0.1) is 0 Å². The van der Waals surface area contributed by atoms with Crippen LogP contribution in [0.5, 0.6) is 0 Å². The normalized spacial score (nSPS) is 11.1. The van der Waals surface area contributed by atoms with Crippen molar-refractivity contribution >= 4 is 11.0 Å². The third-order valence-electron chi connectivity index (χ3n) is 2.43. The summed E-state index contributed by atoms with van der Waals surface area (Å²) in [5.41, 5.74) is 3.26. The number of hydrogen-bond donors (Lipinski definition) is 1. The molecule has 0 aliphatic heterocycles. The second kappa shape index (κ2) is 5.09. The Hall–Kier alpha value is -1.39. The minimum Gasteiger partial charge on any atom is -0.382 e. The summed E-state index contributed by atoms with van der Waals surface area (Å²) >= 11 is 0. The Balaban J connectivity index is 2.05. The molecule has 4 heteroatoms. The fraction of sp³-hybridized carbons (Fsp3) is 0.417. The summed E-state index contributed by atoms with van der Waals surface area (Å²) in [6, 6.07) is 6.10. The van der Waals surface area contributed by atoms with E-state index in [-0.39, 0.29) is 0 Å². The number of aryl methyl sites for hydroxylation is 1. The average Bonchev–Trinajstić information content (AvgIpc) is 2.69. The Kier molecular flexibility index (Phi) is 3.54. The maximum Gasteiger partial charge on any atom is 0.133 e. The molecule has 1 aromatic carbocycles. The van der Waals surface area contributed by atoms with Crippen LogP contribution in [0.3, 0.4) is 0 Å². The van der Waals surface area contributed by atoms with E-state index in [1.54, 1.807) is 7.11 Å². The van der Waals surface area contributed by atoms with Crippen molar-refractivity contribution in [1.82, 2.24) is 9.97 Å². The molecule has 0 aliphatic carbocycles. The highest BCUT2D eigenvalue weighted by atomic mass is 16.5. The summed E-state index contributed by atoms with van der Waals surface area (Å²) in [4.78, 5) is 7.72. The van der Waals surface area contributed by atoms with Crippen LogP contribution >= 0.6 is 0 Å². The summed E-state index contributed by atoms with van der Waals surface area (Å²) in [7, 11) is 1.66. The number of methoxy groups -OCH3 is 1. The fourth-order valence-electron chi connectivity index (χ4n) is 1.61. The molecule has 1 N–H and O–H groups in total. The molecule has 86 valence electrons. The number of H-pyrrole nitrogens is 1. The van der Waals surface area contributed by atoms with Crippen LogP contribution in [0.15, 0.2) is 18.2 Å². The molecule has 4 nitrogen and oxygen atoms in total. The number of ether oxygens (including phenoxy) is 2. The highest BCUT2D eigenvalue weighted by Gasteiger charge is 2.04. The molecule has 0 aliphatic rings. The van der Waals surface area contributed by atoms with Crippen LogP contribution < -0.4 is 0 Å². The van der Waals surface area contributed by atoms with Crippen molar-refractivity contribution in [3.63, 3.8) is 0 Å². The van der Waals surface area contributed by atoms with Gasteiger partial charge in [0, 0.05) is 7.11 Å². The zero-order chi connectivity index (χ0) is 11.4. The summed E-state index contributed by atoms with van der Waals surface area (Å²) in [5.74, 6) is 0.861. The number of hydrogen-bond acceptors (Lipinski definition) is 3. The van der Waals surface area contributed by atoms with Crippen molar-refractivity contribution in [2.45, 2.75) is 13.5 Å². The topological polar surface area (TPSA) is 47.1 Å². The molecule has 0 fully saturated rings. The number of rotatable bonds is 5. The number of aromatic amines is 1. The molecule has 16 heavy (non-hydrogen) atoms. The largest absolute Gasteiger partial charge is 0.382 e. The first-order chi connectivity index (χ1) is 7.81. The first-order valence-electron chi connectivity index (χ1n) is 5.32. The number of benzene rings is 1. The number of para-hydroxylation sites is 1. The van der Waals surface area contributed by atoms with Crippen LogP contribution in [0.4, 0.5) is 0 Å². The zero-order valence-corrected chi connectivity index (χ0v) is 9.62. The Labute approximate surface area is 94.6 Å². The van der Waals surface area contributed by atoms with Gasteiger partial charge >= 0.3 is 0 Å². The van der Waals surface area contributed by atoms with E-state index in [1.807, 2.05) is 12.1 Å². The molecule has 0 atom stereocenters. The SMILES string of the molecule is COCCOCc1nc2c(C)cccc2[nH]1. The third kappa shape index (κ3) is 2.40. The lowest BCUT2D eigenvalue weighted by Crippen LogP contribution is -2.02. The summed E-state index contributed by atoms with van der Waals surface area (Å²) in [6.45, 7) is 3.75. The predicted octanol–water partition coefficient (Wildman–Crippen LogP) is 2.03. The minimum atomic E-state index is 0.498. The highest BCUT2D eigenvalue weighted by molar-refractivity contribution is 5.78. The van der Waals surface area contributed by atoms with E-state index in [0.29, 0.717) is 19.8 Å². The van der Waals surface area contributed by atoms with E-state index >= 15 is 0 Å². The number of nitrogens with zero attached hydrogens (tertiary/aromatic N) is 1. The fourth-order valence-corrected chi connectivity index (χ4v) is 1.61. The molecule has 0 spiro atoms. The number of fused-ring (bicyclic) bond motifs is 1. The van der Waals surface area contributed by atoms with Gasteiger partial charge in [-0.05, 0) is 18.6 Å². The molecule has 0 saturated carbocycles. The first-order valence-corrected chi connectivity index (χ1v) is 5.32. The van der Waals surface area contributed by atoms with Gasteiger partial charge in [0.2, 0.25) is 0 Å². The minimum absolute atomic E-state index is 0.498. The molecule has 0 radical (unpaired) electrons.